The van der Waals surface area contributed by atoms with Gasteiger partial charge >= 0.3 is 0 Å². The van der Waals surface area contributed by atoms with E-state index in [9.17, 15) is 4.79 Å². The van der Waals surface area contributed by atoms with Crippen LogP contribution in [-0.4, -0.2) is 30.1 Å². The van der Waals surface area contributed by atoms with Crippen LogP contribution < -0.4 is 14.8 Å². The number of ether oxygens (including phenoxy) is 2. The van der Waals surface area contributed by atoms with Gasteiger partial charge in [0.25, 0.3) is 0 Å². The van der Waals surface area contributed by atoms with Gasteiger partial charge in [-0.05, 0) is 19.1 Å². The third kappa shape index (κ3) is 4.13. The topological polar surface area (TPSA) is 73.6 Å². The normalized spacial score (nSPS) is 16.6. The van der Waals surface area contributed by atoms with E-state index < -0.39 is 0 Å². The molecule has 1 aliphatic heterocycles. The Bertz CT molecular complexity index is 761. The van der Waals surface area contributed by atoms with E-state index in [0.29, 0.717) is 30.6 Å². The number of aromatic nitrogens is 1. The fourth-order valence-electron chi connectivity index (χ4n) is 2.51. The van der Waals surface area contributed by atoms with Crippen LogP contribution in [0.2, 0.25) is 0 Å². The van der Waals surface area contributed by atoms with Crippen LogP contribution in [0.15, 0.2) is 28.7 Å². The number of fused-ring (bicyclic) bond motifs is 1. The van der Waals surface area contributed by atoms with Gasteiger partial charge in [0, 0.05) is 5.41 Å². The highest BCUT2D eigenvalue weighted by Gasteiger charge is 2.24. The largest absolute Gasteiger partial charge is 0.486 e. The predicted molar refractivity (Wildman–Crippen MR) is 93.0 cm³/mol. The first-order valence-electron chi connectivity index (χ1n) is 8.45. The summed E-state index contributed by atoms with van der Waals surface area (Å²) in [5.74, 6) is 2.56. The van der Waals surface area contributed by atoms with Crippen molar-refractivity contribution in [3.63, 3.8) is 0 Å². The molecule has 0 fully saturated rings. The van der Waals surface area contributed by atoms with Gasteiger partial charge in [-0.3, -0.25) is 4.79 Å². The summed E-state index contributed by atoms with van der Waals surface area (Å²) in [6, 6.07) is 7.51. The Labute approximate surface area is 147 Å². The Balaban J connectivity index is 1.53. The summed E-state index contributed by atoms with van der Waals surface area (Å²) in [5, 5.41) is 2.88. The van der Waals surface area contributed by atoms with Gasteiger partial charge in [-0.25, -0.2) is 4.98 Å². The molecule has 6 heteroatoms. The van der Waals surface area contributed by atoms with Gasteiger partial charge in [0.2, 0.25) is 5.91 Å². The fraction of sp³-hybridized carbons (Fsp3) is 0.474. The summed E-state index contributed by atoms with van der Waals surface area (Å²) in [7, 11) is 0. The van der Waals surface area contributed by atoms with E-state index >= 15 is 0 Å². The van der Waals surface area contributed by atoms with Crippen LogP contribution in [0, 0.1) is 6.92 Å². The van der Waals surface area contributed by atoms with Crippen molar-refractivity contribution in [2.24, 2.45) is 0 Å². The molecule has 1 aromatic heterocycles. The van der Waals surface area contributed by atoms with Gasteiger partial charge < -0.3 is 19.2 Å². The Hall–Kier alpha value is -2.50. The third-order valence-corrected chi connectivity index (χ3v) is 3.95. The van der Waals surface area contributed by atoms with E-state index in [4.69, 9.17) is 13.9 Å². The second-order valence-electron chi connectivity index (χ2n) is 7.26. The number of nitrogens with one attached hydrogen (secondary N) is 1. The standard InChI is InChI=1S/C19H24N2O4/c1-12-16(25-18(21-12)19(2,3)4)9-17(22)20-10-13-11-23-14-7-5-6-8-15(14)24-13/h5-8,13H,9-11H2,1-4H3,(H,20,22). The van der Waals surface area contributed by atoms with E-state index in [0.717, 1.165) is 11.4 Å². The molecular formula is C19H24N2O4. The van der Waals surface area contributed by atoms with Crippen molar-refractivity contribution in [1.82, 2.24) is 10.3 Å². The number of rotatable bonds is 4. The Morgan fingerprint density at radius 3 is 2.68 bits per heavy atom. The molecule has 6 nitrogen and oxygen atoms in total. The first-order chi connectivity index (χ1) is 11.8. The molecule has 0 aliphatic carbocycles. The van der Waals surface area contributed by atoms with Crippen LogP contribution in [0.4, 0.5) is 0 Å². The summed E-state index contributed by atoms with van der Waals surface area (Å²) in [6.07, 6.45) is -0.0428. The van der Waals surface area contributed by atoms with Crippen molar-refractivity contribution in [2.45, 2.75) is 45.6 Å². The number of aryl methyl sites for hydroxylation is 1. The molecule has 1 amide bonds. The second-order valence-corrected chi connectivity index (χ2v) is 7.26. The molecule has 0 bridgehead atoms. The van der Waals surface area contributed by atoms with Crippen LogP contribution in [0.5, 0.6) is 11.5 Å². The molecule has 0 saturated heterocycles. The fourth-order valence-corrected chi connectivity index (χ4v) is 2.51. The predicted octanol–water partition coefficient (Wildman–Crippen LogP) is 2.78. The molecule has 134 valence electrons. The lowest BCUT2D eigenvalue weighted by Gasteiger charge is -2.26. The molecule has 0 saturated carbocycles. The minimum atomic E-state index is -0.209. The lowest BCUT2D eigenvalue weighted by molar-refractivity contribution is -0.121. The number of hydrogen-bond acceptors (Lipinski definition) is 5. The van der Waals surface area contributed by atoms with Crippen LogP contribution in [0.1, 0.15) is 38.1 Å². The average Bonchev–Trinajstić information content (AvgIpc) is 2.94. The lowest BCUT2D eigenvalue weighted by Crippen LogP contribution is -2.41. The van der Waals surface area contributed by atoms with Gasteiger partial charge in [-0.2, -0.15) is 0 Å². The third-order valence-electron chi connectivity index (χ3n) is 3.95. The molecule has 1 aliphatic rings. The number of hydrogen-bond donors (Lipinski definition) is 1. The van der Waals surface area contributed by atoms with Crippen molar-refractivity contribution in [3.8, 4) is 11.5 Å². The molecule has 0 radical (unpaired) electrons. The number of nitrogens with zero attached hydrogens (tertiary/aromatic N) is 1. The number of benzene rings is 1. The maximum Gasteiger partial charge on any atom is 0.227 e. The van der Waals surface area contributed by atoms with Gasteiger partial charge in [0.1, 0.15) is 18.5 Å². The molecule has 1 atom stereocenters. The zero-order valence-corrected chi connectivity index (χ0v) is 15.1. The lowest BCUT2D eigenvalue weighted by atomic mass is 9.97. The van der Waals surface area contributed by atoms with Crippen molar-refractivity contribution < 1.29 is 18.7 Å². The maximum absolute atomic E-state index is 12.2. The summed E-state index contributed by atoms with van der Waals surface area (Å²) >= 11 is 0. The number of carbonyl (C=O) groups excluding carboxylic acids is 1. The average molecular weight is 344 g/mol. The first kappa shape index (κ1) is 17.3. The quantitative estimate of drug-likeness (QED) is 0.923. The SMILES string of the molecule is Cc1nc(C(C)(C)C)oc1CC(=O)NCC1COc2ccccc2O1. The van der Waals surface area contributed by atoms with Crippen molar-refractivity contribution in [1.29, 1.82) is 0 Å². The highest BCUT2D eigenvalue weighted by Crippen LogP contribution is 2.30. The second kappa shape index (κ2) is 6.78. The zero-order chi connectivity index (χ0) is 18.0. The summed E-state index contributed by atoms with van der Waals surface area (Å²) < 4.78 is 17.2. The van der Waals surface area contributed by atoms with Crippen molar-refractivity contribution >= 4 is 5.91 Å². The highest BCUT2D eigenvalue weighted by atomic mass is 16.6. The minimum absolute atomic E-state index is 0.123. The zero-order valence-electron chi connectivity index (χ0n) is 15.1. The molecule has 2 heterocycles. The molecule has 0 spiro atoms. The van der Waals surface area contributed by atoms with Gasteiger partial charge in [0.05, 0.1) is 18.7 Å². The van der Waals surface area contributed by atoms with Gasteiger partial charge in [-0.15, -0.1) is 0 Å². The number of carbonyl (C=O) groups is 1. The van der Waals surface area contributed by atoms with Crippen LogP contribution >= 0.6 is 0 Å². The maximum atomic E-state index is 12.2. The molecule has 1 unspecified atom stereocenters. The van der Waals surface area contributed by atoms with Crippen LogP contribution in [0.3, 0.4) is 0 Å². The van der Waals surface area contributed by atoms with E-state index in [1.54, 1.807) is 0 Å². The Morgan fingerprint density at radius 2 is 2.00 bits per heavy atom. The van der Waals surface area contributed by atoms with E-state index in [1.165, 1.54) is 0 Å². The summed E-state index contributed by atoms with van der Waals surface area (Å²) in [4.78, 5) is 16.6. The van der Waals surface area contributed by atoms with E-state index in [2.05, 4.69) is 10.3 Å². The van der Waals surface area contributed by atoms with Crippen molar-refractivity contribution in [3.05, 3.63) is 41.6 Å². The highest BCUT2D eigenvalue weighted by molar-refractivity contribution is 5.78. The van der Waals surface area contributed by atoms with Crippen LogP contribution in [0.25, 0.3) is 0 Å². The Morgan fingerprint density at radius 1 is 1.28 bits per heavy atom. The van der Waals surface area contributed by atoms with Crippen LogP contribution in [-0.2, 0) is 16.6 Å². The van der Waals surface area contributed by atoms with Crippen molar-refractivity contribution in [2.75, 3.05) is 13.2 Å². The molecule has 1 aromatic carbocycles. The molecular weight excluding hydrogens is 320 g/mol. The van der Waals surface area contributed by atoms with Gasteiger partial charge in [-0.1, -0.05) is 32.9 Å². The van der Waals surface area contributed by atoms with E-state index in [1.807, 2.05) is 52.0 Å². The summed E-state index contributed by atoms with van der Waals surface area (Å²) in [6.45, 7) is 8.73. The molecule has 3 rings (SSSR count). The smallest absolute Gasteiger partial charge is 0.227 e. The minimum Gasteiger partial charge on any atom is -0.486 e. The molecule has 25 heavy (non-hydrogen) atoms. The molecule has 1 N–H and O–H groups in total. The number of amides is 1. The van der Waals surface area contributed by atoms with Gasteiger partial charge in [0.15, 0.2) is 17.4 Å². The number of oxazole rings is 1. The van der Waals surface area contributed by atoms with E-state index in [-0.39, 0.29) is 23.8 Å². The summed E-state index contributed by atoms with van der Waals surface area (Å²) in [5.41, 5.74) is 0.575. The number of para-hydroxylation sites is 2. The first-order valence-corrected chi connectivity index (χ1v) is 8.45. The molecule has 2 aromatic rings. The monoisotopic (exact) mass is 344 g/mol. The Kier molecular flexibility index (Phi) is 4.70.